The average Bonchev–Trinajstić information content (AvgIpc) is 2.15. The van der Waals surface area contributed by atoms with Crippen molar-refractivity contribution in [2.75, 3.05) is 6.61 Å². The lowest BCUT2D eigenvalue weighted by molar-refractivity contribution is 0.285. The summed E-state index contributed by atoms with van der Waals surface area (Å²) in [6.45, 7) is 2.04. The summed E-state index contributed by atoms with van der Waals surface area (Å²) in [5, 5.41) is 9.14. The predicted molar refractivity (Wildman–Crippen MR) is 56.8 cm³/mol. The summed E-state index contributed by atoms with van der Waals surface area (Å²) in [5.41, 5.74) is 5.71. The molecule has 0 bridgehead atoms. The Morgan fingerprint density at radius 2 is 2.00 bits per heavy atom. The van der Waals surface area contributed by atoms with Crippen molar-refractivity contribution in [1.82, 2.24) is 0 Å². The molecule has 0 saturated heterocycles. The summed E-state index contributed by atoms with van der Waals surface area (Å²) >= 11 is 1.62. The van der Waals surface area contributed by atoms with Crippen LogP contribution in [0, 0.1) is 0 Å². The molecule has 0 aliphatic heterocycles. The van der Waals surface area contributed by atoms with Crippen molar-refractivity contribution in [3.63, 3.8) is 0 Å². The van der Waals surface area contributed by atoms with Gasteiger partial charge in [0.1, 0.15) is 0 Å². The molecule has 2 nitrogen and oxygen atoms in total. The van der Waals surface area contributed by atoms with Crippen LogP contribution in [0.5, 0.6) is 0 Å². The van der Waals surface area contributed by atoms with Crippen molar-refractivity contribution in [3.05, 3.63) is 30.3 Å². The highest BCUT2D eigenvalue weighted by Crippen LogP contribution is 2.23. The van der Waals surface area contributed by atoms with E-state index in [0.29, 0.717) is 0 Å². The lowest BCUT2D eigenvalue weighted by atomic mass is 10.3. The highest BCUT2D eigenvalue weighted by molar-refractivity contribution is 8.00. The van der Waals surface area contributed by atoms with E-state index in [1.807, 2.05) is 37.3 Å². The maximum absolute atomic E-state index is 9.06. The van der Waals surface area contributed by atoms with Gasteiger partial charge in [-0.05, 0) is 19.1 Å². The molecule has 0 spiro atoms. The molecular weight excluding hydrogens is 182 g/mol. The lowest BCUT2D eigenvalue weighted by Crippen LogP contribution is -2.31. The van der Waals surface area contributed by atoms with E-state index < -0.39 is 0 Å². The maximum atomic E-state index is 9.06. The van der Waals surface area contributed by atoms with Crippen LogP contribution in [0.2, 0.25) is 0 Å². The Hall–Kier alpha value is -0.510. The smallest absolute Gasteiger partial charge is 0.0568 e. The monoisotopic (exact) mass is 197 g/mol. The molecule has 1 aromatic rings. The van der Waals surface area contributed by atoms with E-state index in [2.05, 4.69) is 0 Å². The molecule has 0 heterocycles. The minimum Gasteiger partial charge on any atom is -0.395 e. The minimum absolute atomic E-state index is 0.00945. The van der Waals surface area contributed by atoms with E-state index in [0.717, 1.165) is 4.90 Å². The molecule has 1 aromatic carbocycles. The third-order valence-corrected chi connectivity index (χ3v) is 3.22. The summed E-state index contributed by atoms with van der Waals surface area (Å²) in [6.07, 6.45) is 0. The topological polar surface area (TPSA) is 46.2 Å². The van der Waals surface area contributed by atoms with Gasteiger partial charge < -0.3 is 10.8 Å². The molecule has 2 unspecified atom stereocenters. The number of thioether (sulfide) groups is 1. The third-order valence-electron chi connectivity index (χ3n) is 1.80. The molecular formula is C10H15NOS. The Morgan fingerprint density at radius 3 is 2.46 bits per heavy atom. The third kappa shape index (κ3) is 3.38. The Balaban J connectivity index is 2.57. The summed E-state index contributed by atoms with van der Waals surface area (Å²) in [6, 6.07) is 10.0. The molecule has 0 saturated carbocycles. The van der Waals surface area contributed by atoms with E-state index >= 15 is 0 Å². The number of aliphatic hydroxyl groups excluding tert-OH is 1. The zero-order chi connectivity index (χ0) is 9.68. The van der Waals surface area contributed by atoms with Gasteiger partial charge in [0.15, 0.2) is 0 Å². The van der Waals surface area contributed by atoms with E-state index in [1.165, 1.54) is 0 Å². The molecule has 0 amide bonds. The highest BCUT2D eigenvalue weighted by atomic mass is 32.2. The Kier molecular flexibility index (Phi) is 4.28. The van der Waals surface area contributed by atoms with Crippen molar-refractivity contribution in [2.45, 2.75) is 23.1 Å². The number of rotatable bonds is 4. The summed E-state index contributed by atoms with van der Waals surface area (Å²) in [4.78, 5) is 1.15. The van der Waals surface area contributed by atoms with E-state index in [1.54, 1.807) is 11.8 Å². The summed E-state index contributed by atoms with van der Waals surface area (Å²) in [7, 11) is 0. The molecule has 0 aromatic heterocycles. The largest absolute Gasteiger partial charge is 0.395 e. The number of hydrogen-bond acceptors (Lipinski definition) is 3. The van der Waals surface area contributed by atoms with Gasteiger partial charge in [0.2, 0.25) is 0 Å². The molecule has 3 heteroatoms. The van der Waals surface area contributed by atoms with Crippen LogP contribution in [0.25, 0.3) is 0 Å². The van der Waals surface area contributed by atoms with Gasteiger partial charge in [-0.2, -0.15) is 0 Å². The van der Waals surface area contributed by atoms with Crippen LogP contribution in [0.15, 0.2) is 35.2 Å². The van der Waals surface area contributed by atoms with Crippen LogP contribution in [0.3, 0.4) is 0 Å². The second-order valence-corrected chi connectivity index (χ2v) is 4.32. The van der Waals surface area contributed by atoms with Crippen molar-refractivity contribution in [1.29, 1.82) is 0 Å². The number of aliphatic hydroxyl groups is 1. The zero-order valence-corrected chi connectivity index (χ0v) is 8.50. The van der Waals surface area contributed by atoms with E-state index in [9.17, 15) is 0 Å². The normalized spacial score (nSPS) is 15.3. The maximum Gasteiger partial charge on any atom is 0.0568 e. The van der Waals surface area contributed by atoms with Crippen molar-refractivity contribution in [3.8, 4) is 0 Å². The molecule has 72 valence electrons. The first-order valence-corrected chi connectivity index (χ1v) is 5.20. The van der Waals surface area contributed by atoms with Gasteiger partial charge in [-0.1, -0.05) is 18.2 Å². The predicted octanol–water partition coefficient (Wildman–Crippen LogP) is 1.49. The highest BCUT2D eigenvalue weighted by Gasteiger charge is 2.13. The summed E-state index contributed by atoms with van der Waals surface area (Å²) in [5.74, 6) is 0. The fraction of sp³-hybridized carbons (Fsp3) is 0.400. The molecule has 2 atom stereocenters. The summed E-state index contributed by atoms with van der Waals surface area (Å²) < 4.78 is 0. The van der Waals surface area contributed by atoms with Crippen molar-refractivity contribution < 1.29 is 5.11 Å². The van der Waals surface area contributed by atoms with Crippen LogP contribution >= 0.6 is 11.8 Å². The second-order valence-electron chi connectivity index (χ2n) is 3.01. The molecule has 3 N–H and O–H groups in total. The average molecular weight is 197 g/mol. The molecule has 1 rings (SSSR count). The Labute approximate surface area is 83.1 Å². The van der Waals surface area contributed by atoms with Crippen LogP contribution < -0.4 is 5.73 Å². The Morgan fingerprint density at radius 1 is 1.38 bits per heavy atom. The fourth-order valence-corrected chi connectivity index (χ4v) is 1.94. The lowest BCUT2D eigenvalue weighted by Gasteiger charge is -2.17. The van der Waals surface area contributed by atoms with E-state index in [4.69, 9.17) is 10.8 Å². The first-order valence-electron chi connectivity index (χ1n) is 4.32. The molecule has 0 radical (unpaired) electrons. The molecule has 13 heavy (non-hydrogen) atoms. The first kappa shape index (κ1) is 10.6. The van der Waals surface area contributed by atoms with Gasteiger partial charge >= 0.3 is 0 Å². The zero-order valence-electron chi connectivity index (χ0n) is 7.68. The SMILES string of the molecule is CC(N)C(CO)Sc1ccccc1. The molecule has 0 aliphatic rings. The van der Waals surface area contributed by atoms with Gasteiger partial charge in [-0.25, -0.2) is 0 Å². The van der Waals surface area contributed by atoms with Crippen molar-refractivity contribution in [2.24, 2.45) is 5.73 Å². The van der Waals surface area contributed by atoms with Crippen molar-refractivity contribution >= 4 is 11.8 Å². The van der Waals surface area contributed by atoms with E-state index in [-0.39, 0.29) is 17.9 Å². The van der Waals surface area contributed by atoms with Gasteiger partial charge in [-0.15, -0.1) is 11.8 Å². The van der Waals surface area contributed by atoms with Gasteiger partial charge in [0, 0.05) is 16.2 Å². The van der Waals surface area contributed by atoms with Gasteiger partial charge in [-0.3, -0.25) is 0 Å². The fourth-order valence-electron chi connectivity index (χ4n) is 0.985. The van der Waals surface area contributed by atoms with Crippen LogP contribution in [-0.2, 0) is 0 Å². The van der Waals surface area contributed by atoms with Crippen LogP contribution in [0.4, 0.5) is 0 Å². The first-order chi connectivity index (χ1) is 6.24. The molecule has 0 aliphatic carbocycles. The minimum atomic E-state index is 0.00945. The van der Waals surface area contributed by atoms with Crippen LogP contribution in [0.1, 0.15) is 6.92 Å². The van der Waals surface area contributed by atoms with Crippen LogP contribution in [-0.4, -0.2) is 23.0 Å². The number of benzene rings is 1. The Bertz CT molecular complexity index is 238. The van der Waals surface area contributed by atoms with Gasteiger partial charge in [0.25, 0.3) is 0 Å². The quantitative estimate of drug-likeness (QED) is 0.719. The standard InChI is InChI=1S/C10H15NOS/c1-8(11)10(7-12)13-9-5-3-2-4-6-9/h2-6,8,10,12H,7,11H2,1H3. The molecule has 0 fully saturated rings. The number of nitrogens with two attached hydrogens (primary N) is 1. The number of hydrogen-bond donors (Lipinski definition) is 2. The second kappa shape index (κ2) is 5.27. The van der Waals surface area contributed by atoms with Gasteiger partial charge in [0.05, 0.1) is 6.61 Å².